The summed E-state index contributed by atoms with van der Waals surface area (Å²) in [6.07, 6.45) is 0. The number of carbonyl (C=O) groups is 1. The van der Waals surface area contributed by atoms with Gasteiger partial charge in [0.1, 0.15) is 0 Å². The van der Waals surface area contributed by atoms with E-state index in [1.807, 2.05) is 12.1 Å². The molecule has 0 aromatic heterocycles. The highest BCUT2D eigenvalue weighted by Gasteiger charge is 2.17. The molecule has 1 aliphatic heterocycles. The Bertz CT molecular complexity index is 390. The normalized spacial score (nSPS) is 14.6. The number of anilines is 1. The molecule has 2 rings (SSSR count). The van der Waals surface area contributed by atoms with E-state index in [-0.39, 0.29) is 5.97 Å². The van der Waals surface area contributed by atoms with Gasteiger partial charge in [-0.1, -0.05) is 6.07 Å². The van der Waals surface area contributed by atoms with Gasteiger partial charge in [0.2, 0.25) is 0 Å². The molecule has 4 nitrogen and oxygen atoms in total. The highest BCUT2D eigenvalue weighted by Crippen LogP contribution is 2.23. The SMILES string of the molecule is CCOC(=O)c1cccc2c1COCCN2. The highest BCUT2D eigenvalue weighted by atomic mass is 16.5. The smallest absolute Gasteiger partial charge is 0.338 e. The molecule has 0 aliphatic carbocycles. The van der Waals surface area contributed by atoms with Crippen LogP contribution in [0.15, 0.2) is 18.2 Å². The number of rotatable bonds is 2. The maximum atomic E-state index is 11.7. The van der Waals surface area contributed by atoms with E-state index in [9.17, 15) is 4.79 Å². The Labute approximate surface area is 94.6 Å². The van der Waals surface area contributed by atoms with Crippen LogP contribution in [0.5, 0.6) is 0 Å². The second-order valence-corrected chi connectivity index (χ2v) is 3.53. The fourth-order valence-corrected chi connectivity index (χ4v) is 1.74. The zero-order chi connectivity index (χ0) is 11.4. The van der Waals surface area contributed by atoms with Gasteiger partial charge in [0.15, 0.2) is 0 Å². The lowest BCUT2D eigenvalue weighted by Gasteiger charge is -2.11. The summed E-state index contributed by atoms with van der Waals surface area (Å²) in [5, 5.41) is 3.23. The maximum Gasteiger partial charge on any atom is 0.338 e. The van der Waals surface area contributed by atoms with E-state index in [4.69, 9.17) is 9.47 Å². The molecule has 86 valence electrons. The Morgan fingerprint density at radius 1 is 1.56 bits per heavy atom. The van der Waals surface area contributed by atoms with Crippen LogP contribution >= 0.6 is 0 Å². The van der Waals surface area contributed by atoms with E-state index in [0.29, 0.717) is 25.4 Å². The van der Waals surface area contributed by atoms with Gasteiger partial charge < -0.3 is 14.8 Å². The summed E-state index contributed by atoms with van der Waals surface area (Å²) in [7, 11) is 0. The first-order chi connectivity index (χ1) is 7.83. The summed E-state index contributed by atoms with van der Waals surface area (Å²) in [6.45, 7) is 4.05. The van der Waals surface area contributed by atoms with E-state index < -0.39 is 0 Å². The van der Waals surface area contributed by atoms with Gasteiger partial charge in [-0.05, 0) is 19.1 Å². The summed E-state index contributed by atoms with van der Waals surface area (Å²) >= 11 is 0. The Hall–Kier alpha value is -1.55. The molecule has 0 unspecified atom stereocenters. The summed E-state index contributed by atoms with van der Waals surface area (Å²) in [5.74, 6) is -0.286. The number of fused-ring (bicyclic) bond motifs is 1. The lowest BCUT2D eigenvalue weighted by atomic mass is 10.1. The van der Waals surface area contributed by atoms with Crippen molar-refractivity contribution in [2.45, 2.75) is 13.5 Å². The molecule has 1 N–H and O–H groups in total. The number of hydrogen-bond acceptors (Lipinski definition) is 4. The molecule has 0 spiro atoms. The number of nitrogens with one attached hydrogen (secondary N) is 1. The third kappa shape index (κ3) is 2.17. The first kappa shape index (κ1) is 11.0. The van der Waals surface area contributed by atoms with Crippen molar-refractivity contribution in [2.75, 3.05) is 25.1 Å². The molecule has 0 saturated carbocycles. The van der Waals surface area contributed by atoms with Gasteiger partial charge in [0, 0.05) is 17.8 Å². The lowest BCUT2D eigenvalue weighted by molar-refractivity contribution is 0.0520. The first-order valence-corrected chi connectivity index (χ1v) is 5.43. The number of ether oxygens (including phenoxy) is 2. The van der Waals surface area contributed by atoms with Crippen molar-refractivity contribution in [1.82, 2.24) is 0 Å². The third-order valence-electron chi connectivity index (χ3n) is 2.48. The summed E-state index contributed by atoms with van der Waals surface area (Å²) in [6, 6.07) is 5.57. The molecule has 0 fully saturated rings. The topological polar surface area (TPSA) is 47.6 Å². The molecule has 1 aromatic rings. The van der Waals surface area contributed by atoms with Crippen molar-refractivity contribution >= 4 is 11.7 Å². The van der Waals surface area contributed by atoms with E-state index in [1.54, 1.807) is 13.0 Å². The summed E-state index contributed by atoms with van der Waals surface area (Å²) in [4.78, 5) is 11.7. The molecule has 0 amide bonds. The van der Waals surface area contributed by atoms with Crippen LogP contribution in [0.25, 0.3) is 0 Å². The minimum Gasteiger partial charge on any atom is -0.462 e. The molecule has 1 aromatic carbocycles. The predicted octanol–water partition coefficient (Wildman–Crippen LogP) is 1.81. The number of esters is 1. The standard InChI is InChI=1S/C12H15NO3/c1-2-16-12(14)9-4-3-5-11-10(9)8-15-7-6-13-11/h3-5,13H,2,6-8H2,1H3. The monoisotopic (exact) mass is 221 g/mol. The fraction of sp³-hybridized carbons (Fsp3) is 0.417. The third-order valence-corrected chi connectivity index (χ3v) is 2.48. The Morgan fingerprint density at radius 3 is 3.25 bits per heavy atom. The van der Waals surface area contributed by atoms with Gasteiger partial charge in [0.05, 0.1) is 25.4 Å². The molecular weight excluding hydrogens is 206 g/mol. The fourth-order valence-electron chi connectivity index (χ4n) is 1.74. The number of benzene rings is 1. The van der Waals surface area contributed by atoms with Gasteiger partial charge in [-0.25, -0.2) is 4.79 Å². The van der Waals surface area contributed by atoms with Crippen LogP contribution in [0.4, 0.5) is 5.69 Å². The van der Waals surface area contributed by atoms with Crippen LogP contribution in [-0.4, -0.2) is 25.7 Å². The first-order valence-electron chi connectivity index (χ1n) is 5.43. The van der Waals surface area contributed by atoms with Crippen molar-refractivity contribution in [2.24, 2.45) is 0 Å². The maximum absolute atomic E-state index is 11.7. The predicted molar refractivity (Wildman–Crippen MR) is 60.5 cm³/mol. The van der Waals surface area contributed by atoms with Crippen LogP contribution in [0.1, 0.15) is 22.8 Å². The van der Waals surface area contributed by atoms with Crippen LogP contribution in [0.2, 0.25) is 0 Å². The molecule has 0 bridgehead atoms. The molecule has 1 aliphatic rings. The summed E-state index contributed by atoms with van der Waals surface area (Å²) < 4.78 is 10.4. The average molecular weight is 221 g/mol. The van der Waals surface area contributed by atoms with Crippen LogP contribution in [0, 0.1) is 0 Å². The average Bonchev–Trinajstić information content (AvgIpc) is 2.53. The Morgan fingerprint density at radius 2 is 2.44 bits per heavy atom. The second kappa shape index (κ2) is 4.99. The van der Waals surface area contributed by atoms with Gasteiger partial charge in [-0.3, -0.25) is 0 Å². The van der Waals surface area contributed by atoms with Gasteiger partial charge in [-0.15, -0.1) is 0 Å². The molecule has 0 radical (unpaired) electrons. The van der Waals surface area contributed by atoms with Crippen molar-refractivity contribution in [3.05, 3.63) is 29.3 Å². The van der Waals surface area contributed by atoms with E-state index in [2.05, 4.69) is 5.32 Å². The van der Waals surface area contributed by atoms with Crippen molar-refractivity contribution in [3.63, 3.8) is 0 Å². The second-order valence-electron chi connectivity index (χ2n) is 3.53. The molecule has 0 saturated heterocycles. The Kier molecular flexibility index (Phi) is 3.41. The van der Waals surface area contributed by atoms with Crippen LogP contribution < -0.4 is 5.32 Å². The van der Waals surface area contributed by atoms with Crippen molar-refractivity contribution in [3.8, 4) is 0 Å². The van der Waals surface area contributed by atoms with E-state index in [1.165, 1.54) is 0 Å². The molecule has 4 heteroatoms. The van der Waals surface area contributed by atoms with Gasteiger partial charge >= 0.3 is 5.97 Å². The lowest BCUT2D eigenvalue weighted by Crippen LogP contribution is -2.09. The van der Waals surface area contributed by atoms with Crippen molar-refractivity contribution < 1.29 is 14.3 Å². The summed E-state index contributed by atoms with van der Waals surface area (Å²) in [5.41, 5.74) is 2.44. The minimum atomic E-state index is -0.286. The largest absolute Gasteiger partial charge is 0.462 e. The van der Waals surface area contributed by atoms with Crippen LogP contribution in [-0.2, 0) is 16.1 Å². The minimum absolute atomic E-state index is 0.286. The van der Waals surface area contributed by atoms with Gasteiger partial charge in [-0.2, -0.15) is 0 Å². The molecular formula is C12H15NO3. The zero-order valence-electron chi connectivity index (χ0n) is 9.29. The number of hydrogen-bond donors (Lipinski definition) is 1. The quantitative estimate of drug-likeness (QED) is 0.774. The molecule has 1 heterocycles. The van der Waals surface area contributed by atoms with E-state index in [0.717, 1.165) is 17.8 Å². The molecule has 0 atom stereocenters. The zero-order valence-corrected chi connectivity index (χ0v) is 9.29. The Balaban J connectivity index is 2.34. The van der Waals surface area contributed by atoms with E-state index >= 15 is 0 Å². The van der Waals surface area contributed by atoms with Crippen LogP contribution in [0.3, 0.4) is 0 Å². The van der Waals surface area contributed by atoms with Crippen molar-refractivity contribution in [1.29, 1.82) is 0 Å². The number of carbonyl (C=O) groups excluding carboxylic acids is 1. The van der Waals surface area contributed by atoms with Gasteiger partial charge in [0.25, 0.3) is 0 Å². The molecule has 16 heavy (non-hydrogen) atoms. The highest BCUT2D eigenvalue weighted by molar-refractivity contribution is 5.92.